The summed E-state index contributed by atoms with van der Waals surface area (Å²) in [6, 6.07) is 6.04. The van der Waals surface area contributed by atoms with E-state index >= 15 is 0 Å². The fraction of sp³-hybridized carbons (Fsp3) is 0.533. The molecule has 4 nitrogen and oxygen atoms in total. The molecule has 1 aliphatic heterocycles. The summed E-state index contributed by atoms with van der Waals surface area (Å²) in [7, 11) is 0. The first-order valence-corrected chi connectivity index (χ1v) is 6.94. The van der Waals surface area contributed by atoms with E-state index < -0.39 is 0 Å². The molecular formula is C15H23ClN2O2. The number of hydrogen-bond donors (Lipinski definition) is 2. The van der Waals surface area contributed by atoms with Gasteiger partial charge in [0.05, 0.1) is 12.6 Å². The van der Waals surface area contributed by atoms with E-state index in [2.05, 4.69) is 10.6 Å². The molecule has 1 aromatic carbocycles. The van der Waals surface area contributed by atoms with Crippen LogP contribution in [0.1, 0.15) is 30.9 Å². The maximum absolute atomic E-state index is 11.9. The monoisotopic (exact) mass is 298 g/mol. The molecule has 5 heteroatoms. The lowest BCUT2D eigenvalue weighted by Gasteiger charge is -2.14. The van der Waals surface area contributed by atoms with Gasteiger partial charge in [-0.25, -0.2) is 0 Å². The largest absolute Gasteiger partial charge is 0.494 e. The molecule has 0 aromatic heterocycles. The van der Waals surface area contributed by atoms with E-state index in [0.29, 0.717) is 13.2 Å². The van der Waals surface area contributed by atoms with Crippen LogP contribution in [0.25, 0.3) is 0 Å². The number of nitrogens with one attached hydrogen (secondary N) is 2. The molecule has 1 heterocycles. The molecule has 0 aliphatic carbocycles. The van der Waals surface area contributed by atoms with Crippen molar-refractivity contribution in [1.82, 2.24) is 10.6 Å². The van der Waals surface area contributed by atoms with Crippen LogP contribution in [0.2, 0.25) is 0 Å². The minimum absolute atomic E-state index is 0. The van der Waals surface area contributed by atoms with Crippen LogP contribution in [0.4, 0.5) is 0 Å². The van der Waals surface area contributed by atoms with Gasteiger partial charge in [-0.05, 0) is 44.9 Å². The van der Waals surface area contributed by atoms with Crippen LogP contribution in [0.3, 0.4) is 0 Å². The molecule has 1 fully saturated rings. The Morgan fingerprint density at radius 1 is 1.50 bits per heavy atom. The molecule has 20 heavy (non-hydrogen) atoms. The molecule has 1 aliphatic rings. The maximum Gasteiger partial charge on any atom is 0.237 e. The molecule has 1 atom stereocenters. The molecule has 2 rings (SSSR count). The molecule has 1 aromatic rings. The highest BCUT2D eigenvalue weighted by molar-refractivity contribution is 5.85. The molecule has 1 unspecified atom stereocenters. The summed E-state index contributed by atoms with van der Waals surface area (Å²) >= 11 is 0. The minimum Gasteiger partial charge on any atom is -0.494 e. The van der Waals surface area contributed by atoms with Crippen LogP contribution >= 0.6 is 12.4 Å². The number of carbonyl (C=O) groups is 1. The van der Waals surface area contributed by atoms with Gasteiger partial charge < -0.3 is 15.4 Å². The first-order valence-electron chi connectivity index (χ1n) is 6.94. The summed E-state index contributed by atoms with van der Waals surface area (Å²) in [4.78, 5) is 11.9. The highest BCUT2D eigenvalue weighted by Crippen LogP contribution is 2.20. The van der Waals surface area contributed by atoms with Crippen molar-refractivity contribution in [3.05, 3.63) is 29.3 Å². The van der Waals surface area contributed by atoms with Crippen molar-refractivity contribution in [3.63, 3.8) is 0 Å². The van der Waals surface area contributed by atoms with Crippen molar-refractivity contribution in [1.29, 1.82) is 0 Å². The third kappa shape index (κ3) is 4.39. The highest BCUT2D eigenvalue weighted by Gasteiger charge is 2.21. The van der Waals surface area contributed by atoms with E-state index in [-0.39, 0.29) is 24.4 Å². The van der Waals surface area contributed by atoms with Crippen LogP contribution in [-0.2, 0) is 11.3 Å². The average Bonchev–Trinajstić information content (AvgIpc) is 2.92. The lowest BCUT2D eigenvalue weighted by atomic mass is 10.1. The summed E-state index contributed by atoms with van der Waals surface area (Å²) in [5.74, 6) is 0.947. The van der Waals surface area contributed by atoms with Gasteiger partial charge in [0.15, 0.2) is 0 Å². The van der Waals surface area contributed by atoms with Gasteiger partial charge in [0, 0.05) is 12.1 Å². The number of carbonyl (C=O) groups excluding carboxylic acids is 1. The van der Waals surface area contributed by atoms with Gasteiger partial charge in [-0.15, -0.1) is 12.4 Å². The summed E-state index contributed by atoms with van der Waals surface area (Å²) in [6.45, 7) is 6.09. The Morgan fingerprint density at radius 3 is 2.95 bits per heavy atom. The van der Waals surface area contributed by atoms with Crippen LogP contribution < -0.4 is 15.4 Å². The normalized spacial score (nSPS) is 17.4. The van der Waals surface area contributed by atoms with Crippen molar-refractivity contribution in [2.24, 2.45) is 0 Å². The summed E-state index contributed by atoms with van der Waals surface area (Å²) in [5, 5.41) is 6.18. The number of halogens is 1. The SMILES string of the molecule is CCOc1cc(C)ccc1CNC(=O)C1CCCN1.Cl. The predicted molar refractivity (Wildman–Crippen MR) is 82.5 cm³/mol. The molecule has 0 spiro atoms. The van der Waals surface area contributed by atoms with E-state index in [9.17, 15) is 4.79 Å². The molecule has 2 N–H and O–H groups in total. The molecule has 0 radical (unpaired) electrons. The second kappa shape index (κ2) is 8.12. The van der Waals surface area contributed by atoms with Gasteiger partial charge in [-0.2, -0.15) is 0 Å². The molecule has 1 amide bonds. The first kappa shape index (κ1) is 16.8. The van der Waals surface area contributed by atoms with Crippen molar-refractivity contribution in [2.45, 2.75) is 39.3 Å². The second-order valence-corrected chi connectivity index (χ2v) is 4.91. The summed E-state index contributed by atoms with van der Waals surface area (Å²) in [5.41, 5.74) is 2.19. The Balaban J connectivity index is 0.00000200. The fourth-order valence-corrected chi connectivity index (χ4v) is 2.31. The Kier molecular flexibility index (Phi) is 6.82. The number of hydrogen-bond acceptors (Lipinski definition) is 3. The molecule has 0 saturated carbocycles. The summed E-state index contributed by atoms with van der Waals surface area (Å²) < 4.78 is 5.61. The standard InChI is InChI=1S/C15H22N2O2.ClH/c1-3-19-14-9-11(2)6-7-12(14)10-17-15(18)13-5-4-8-16-13;/h6-7,9,13,16H,3-5,8,10H2,1-2H3,(H,17,18);1H. The van der Waals surface area contributed by atoms with Crippen LogP contribution in [0.5, 0.6) is 5.75 Å². The lowest BCUT2D eigenvalue weighted by Crippen LogP contribution is -2.40. The molecule has 1 saturated heterocycles. The van der Waals surface area contributed by atoms with Gasteiger partial charge in [0.25, 0.3) is 0 Å². The summed E-state index contributed by atoms with van der Waals surface area (Å²) in [6.07, 6.45) is 2.00. The number of aryl methyl sites for hydroxylation is 1. The Bertz CT molecular complexity index is 445. The van der Waals surface area contributed by atoms with Crippen molar-refractivity contribution >= 4 is 18.3 Å². The Hall–Kier alpha value is -1.26. The predicted octanol–water partition coefficient (Wildman–Crippen LogP) is 2.18. The van der Waals surface area contributed by atoms with Gasteiger partial charge >= 0.3 is 0 Å². The van der Waals surface area contributed by atoms with E-state index in [1.807, 2.05) is 32.0 Å². The van der Waals surface area contributed by atoms with Gasteiger partial charge in [0.1, 0.15) is 5.75 Å². The van der Waals surface area contributed by atoms with Crippen molar-refractivity contribution in [3.8, 4) is 5.75 Å². The number of amides is 1. The van der Waals surface area contributed by atoms with E-state index in [4.69, 9.17) is 4.74 Å². The zero-order valence-electron chi connectivity index (χ0n) is 12.1. The van der Waals surface area contributed by atoms with Crippen LogP contribution in [0.15, 0.2) is 18.2 Å². The van der Waals surface area contributed by atoms with E-state index in [1.54, 1.807) is 0 Å². The third-order valence-electron chi connectivity index (χ3n) is 3.35. The Morgan fingerprint density at radius 2 is 2.30 bits per heavy atom. The number of ether oxygens (including phenoxy) is 1. The van der Waals surface area contributed by atoms with Gasteiger partial charge in [-0.1, -0.05) is 12.1 Å². The zero-order chi connectivity index (χ0) is 13.7. The maximum atomic E-state index is 11.9. The van der Waals surface area contributed by atoms with Gasteiger partial charge in [0.2, 0.25) is 5.91 Å². The lowest BCUT2D eigenvalue weighted by molar-refractivity contribution is -0.122. The Labute approximate surface area is 126 Å². The fourth-order valence-electron chi connectivity index (χ4n) is 2.31. The first-order chi connectivity index (χ1) is 9.20. The zero-order valence-corrected chi connectivity index (χ0v) is 12.9. The van der Waals surface area contributed by atoms with Crippen LogP contribution in [0, 0.1) is 6.92 Å². The van der Waals surface area contributed by atoms with Crippen molar-refractivity contribution in [2.75, 3.05) is 13.2 Å². The number of rotatable bonds is 5. The van der Waals surface area contributed by atoms with E-state index in [0.717, 1.165) is 36.3 Å². The minimum atomic E-state index is -0.0269. The second-order valence-electron chi connectivity index (χ2n) is 4.91. The van der Waals surface area contributed by atoms with Crippen LogP contribution in [-0.4, -0.2) is 25.1 Å². The smallest absolute Gasteiger partial charge is 0.237 e. The highest BCUT2D eigenvalue weighted by atomic mass is 35.5. The number of benzene rings is 1. The topological polar surface area (TPSA) is 50.4 Å². The van der Waals surface area contributed by atoms with Crippen molar-refractivity contribution < 1.29 is 9.53 Å². The molecule has 112 valence electrons. The average molecular weight is 299 g/mol. The quantitative estimate of drug-likeness (QED) is 0.876. The third-order valence-corrected chi connectivity index (χ3v) is 3.35. The molecule has 0 bridgehead atoms. The van der Waals surface area contributed by atoms with Gasteiger partial charge in [-0.3, -0.25) is 4.79 Å². The van der Waals surface area contributed by atoms with E-state index in [1.165, 1.54) is 0 Å². The molecular weight excluding hydrogens is 276 g/mol.